The van der Waals surface area contributed by atoms with Crippen molar-refractivity contribution in [1.82, 2.24) is 14.9 Å². The first-order valence-corrected chi connectivity index (χ1v) is 7.01. The van der Waals surface area contributed by atoms with Crippen LogP contribution in [0.5, 0.6) is 0 Å². The van der Waals surface area contributed by atoms with E-state index in [2.05, 4.69) is 35.6 Å². The van der Waals surface area contributed by atoms with Crippen molar-refractivity contribution in [2.75, 3.05) is 19.8 Å². The van der Waals surface area contributed by atoms with Gasteiger partial charge in [0, 0.05) is 32.4 Å². The predicted molar refractivity (Wildman–Crippen MR) is 74.5 cm³/mol. The Balaban J connectivity index is 2.05. The molecule has 1 heterocycles. The highest BCUT2D eigenvalue weighted by molar-refractivity contribution is 4.97. The third-order valence-corrected chi connectivity index (χ3v) is 2.83. The van der Waals surface area contributed by atoms with E-state index in [4.69, 9.17) is 4.74 Å². The largest absolute Gasteiger partial charge is 0.380 e. The average Bonchev–Trinajstić information content (AvgIpc) is 2.76. The van der Waals surface area contributed by atoms with Crippen LogP contribution in [0.25, 0.3) is 0 Å². The fourth-order valence-electron chi connectivity index (χ4n) is 1.72. The molecule has 0 aromatic carbocycles. The summed E-state index contributed by atoms with van der Waals surface area (Å²) in [6.07, 6.45) is 6.12. The van der Waals surface area contributed by atoms with Crippen molar-refractivity contribution in [3.05, 3.63) is 18.2 Å². The number of ether oxygens (including phenoxy) is 1. The molecular weight excluding hydrogens is 226 g/mol. The third kappa shape index (κ3) is 6.17. The van der Waals surface area contributed by atoms with Crippen LogP contribution in [0.3, 0.4) is 0 Å². The first-order chi connectivity index (χ1) is 8.74. The topological polar surface area (TPSA) is 39.1 Å². The minimum Gasteiger partial charge on any atom is -0.380 e. The summed E-state index contributed by atoms with van der Waals surface area (Å²) < 4.78 is 7.76. The van der Waals surface area contributed by atoms with Crippen LogP contribution in [0.4, 0.5) is 0 Å². The van der Waals surface area contributed by atoms with Crippen LogP contribution >= 0.6 is 0 Å². The molecule has 1 aromatic rings. The lowest BCUT2D eigenvalue weighted by atomic mass is 10.1. The van der Waals surface area contributed by atoms with E-state index in [1.807, 2.05) is 12.5 Å². The van der Waals surface area contributed by atoms with Gasteiger partial charge in [0.05, 0.1) is 18.6 Å². The summed E-state index contributed by atoms with van der Waals surface area (Å²) in [6, 6.07) is 0. The lowest BCUT2D eigenvalue weighted by molar-refractivity contribution is 0.125. The molecule has 1 rings (SSSR count). The minimum atomic E-state index is 0.723. The number of hydrogen-bond acceptors (Lipinski definition) is 3. The van der Waals surface area contributed by atoms with E-state index < -0.39 is 0 Å². The Kier molecular flexibility index (Phi) is 7.69. The molecular formula is C14H27N3O. The molecule has 104 valence electrons. The minimum absolute atomic E-state index is 0.723. The molecule has 0 spiro atoms. The van der Waals surface area contributed by atoms with Gasteiger partial charge in [0.1, 0.15) is 0 Å². The Bertz CT molecular complexity index is 310. The Hall–Kier alpha value is -0.870. The molecule has 0 unspecified atom stereocenters. The zero-order valence-electron chi connectivity index (χ0n) is 12.0. The molecule has 0 fully saturated rings. The van der Waals surface area contributed by atoms with E-state index in [1.165, 1.54) is 5.69 Å². The van der Waals surface area contributed by atoms with Crippen LogP contribution in [0, 0.1) is 5.92 Å². The van der Waals surface area contributed by atoms with Gasteiger partial charge >= 0.3 is 0 Å². The smallest absolute Gasteiger partial charge is 0.0948 e. The van der Waals surface area contributed by atoms with E-state index in [-0.39, 0.29) is 0 Å². The summed E-state index contributed by atoms with van der Waals surface area (Å²) in [7, 11) is 0. The van der Waals surface area contributed by atoms with Crippen molar-refractivity contribution in [3.63, 3.8) is 0 Å². The lowest BCUT2D eigenvalue weighted by Crippen LogP contribution is -2.21. The molecule has 0 saturated heterocycles. The van der Waals surface area contributed by atoms with E-state index in [0.717, 1.165) is 51.6 Å². The van der Waals surface area contributed by atoms with Crippen molar-refractivity contribution in [1.29, 1.82) is 0 Å². The van der Waals surface area contributed by atoms with Gasteiger partial charge in [-0.25, -0.2) is 4.98 Å². The average molecular weight is 253 g/mol. The second-order valence-electron chi connectivity index (χ2n) is 5.05. The summed E-state index contributed by atoms with van der Waals surface area (Å²) in [4.78, 5) is 4.18. The molecule has 4 heteroatoms. The van der Waals surface area contributed by atoms with Crippen LogP contribution in [-0.2, 0) is 17.8 Å². The van der Waals surface area contributed by atoms with Gasteiger partial charge in [0.25, 0.3) is 0 Å². The molecule has 0 aliphatic heterocycles. The summed E-state index contributed by atoms with van der Waals surface area (Å²) in [5, 5.41) is 3.39. The van der Waals surface area contributed by atoms with Gasteiger partial charge in [-0.05, 0) is 18.8 Å². The third-order valence-electron chi connectivity index (χ3n) is 2.83. The number of nitrogens with one attached hydrogen (secondary N) is 1. The monoisotopic (exact) mass is 253 g/mol. The molecule has 0 aliphatic carbocycles. The van der Waals surface area contributed by atoms with E-state index in [0.29, 0.717) is 0 Å². The van der Waals surface area contributed by atoms with Crippen LogP contribution < -0.4 is 5.32 Å². The quantitative estimate of drug-likeness (QED) is 0.651. The van der Waals surface area contributed by atoms with E-state index in [9.17, 15) is 0 Å². The second-order valence-corrected chi connectivity index (χ2v) is 5.05. The molecule has 1 aromatic heterocycles. The van der Waals surface area contributed by atoms with Crippen molar-refractivity contribution in [3.8, 4) is 0 Å². The molecule has 1 N–H and O–H groups in total. The summed E-state index contributed by atoms with van der Waals surface area (Å²) in [6.45, 7) is 11.1. The molecule has 0 aliphatic rings. The maximum atomic E-state index is 5.56. The Morgan fingerprint density at radius 1 is 1.39 bits per heavy atom. The van der Waals surface area contributed by atoms with Crippen LogP contribution in [-0.4, -0.2) is 29.3 Å². The summed E-state index contributed by atoms with van der Waals surface area (Å²) >= 11 is 0. The number of imidazole rings is 1. The van der Waals surface area contributed by atoms with E-state index in [1.54, 1.807) is 0 Å². The molecule has 0 atom stereocenters. The predicted octanol–water partition coefficient (Wildman–Crippen LogP) is 2.45. The zero-order valence-corrected chi connectivity index (χ0v) is 12.0. The van der Waals surface area contributed by atoms with Gasteiger partial charge in [-0.3, -0.25) is 0 Å². The Labute approximate surface area is 111 Å². The normalized spacial score (nSPS) is 11.3. The molecule has 0 saturated carbocycles. The summed E-state index contributed by atoms with van der Waals surface area (Å²) in [5.74, 6) is 0.723. The second kappa shape index (κ2) is 9.11. The molecule has 0 amide bonds. The number of aromatic nitrogens is 2. The number of hydrogen-bond donors (Lipinski definition) is 1. The number of aryl methyl sites for hydroxylation is 1. The standard InChI is InChI=1S/C14H27N3O/c1-4-7-17-12-16-11-14(17)10-15-6-9-18-8-5-13(2)3/h11-13,15H,4-10H2,1-3H3. The molecule has 4 nitrogen and oxygen atoms in total. The van der Waals surface area contributed by atoms with E-state index >= 15 is 0 Å². The fourth-order valence-corrected chi connectivity index (χ4v) is 1.72. The summed E-state index contributed by atoms with van der Waals surface area (Å²) in [5.41, 5.74) is 1.25. The van der Waals surface area contributed by atoms with Crippen molar-refractivity contribution < 1.29 is 4.74 Å². The van der Waals surface area contributed by atoms with Crippen molar-refractivity contribution in [2.24, 2.45) is 5.92 Å². The highest BCUT2D eigenvalue weighted by Gasteiger charge is 2.00. The molecule has 0 bridgehead atoms. The highest BCUT2D eigenvalue weighted by atomic mass is 16.5. The zero-order chi connectivity index (χ0) is 13.2. The number of rotatable bonds is 10. The first-order valence-electron chi connectivity index (χ1n) is 7.01. The van der Waals surface area contributed by atoms with Gasteiger partial charge in [-0.2, -0.15) is 0 Å². The first kappa shape index (κ1) is 15.2. The SMILES string of the molecule is CCCn1cncc1CNCCOCCC(C)C. The highest BCUT2D eigenvalue weighted by Crippen LogP contribution is 2.00. The fraction of sp³-hybridized carbons (Fsp3) is 0.786. The van der Waals surface area contributed by atoms with Crippen molar-refractivity contribution >= 4 is 0 Å². The maximum Gasteiger partial charge on any atom is 0.0948 e. The van der Waals surface area contributed by atoms with Gasteiger partial charge < -0.3 is 14.6 Å². The Morgan fingerprint density at radius 2 is 2.22 bits per heavy atom. The lowest BCUT2D eigenvalue weighted by Gasteiger charge is -2.09. The number of nitrogens with zero attached hydrogens (tertiary/aromatic N) is 2. The van der Waals surface area contributed by atoms with Crippen LogP contribution in [0.2, 0.25) is 0 Å². The Morgan fingerprint density at radius 3 is 2.94 bits per heavy atom. The van der Waals surface area contributed by atoms with Gasteiger partial charge in [0.15, 0.2) is 0 Å². The van der Waals surface area contributed by atoms with Crippen molar-refractivity contribution in [2.45, 2.75) is 46.7 Å². The molecule has 0 radical (unpaired) electrons. The van der Waals surface area contributed by atoms with Gasteiger partial charge in [-0.1, -0.05) is 20.8 Å². The van der Waals surface area contributed by atoms with Crippen LogP contribution in [0.1, 0.15) is 39.3 Å². The maximum absolute atomic E-state index is 5.56. The van der Waals surface area contributed by atoms with Crippen LogP contribution in [0.15, 0.2) is 12.5 Å². The van der Waals surface area contributed by atoms with Gasteiger partial charge in [-0.15, -0.1) is 0 Å². The molecule has 18 heavy (non-hydrogen) atoms. The van der Waals surface area contributed by atoms with Gasteiger partial charge in [0.2, 0.25) is 0 Å².